The monoisotopic (exact) mass is 322 g/mol. The number of nitrogens with two attached hydrogens (primary N) is 1. The summed E-state index contributed by atoms with van der Waals surface area (Å²) in [4.78, 5) is 7.11. The van der Waals surface area contributed by atoms with Gasteiger partial charge in [-0.3, -0.25) is 5.43 Å². The quantitative estimate of drug-likeness (QED) is 0.652. The van der Waals surface area contributed by atoms with Crippen molar-refractivity contribution in [2.75, 3.05) is 5.43 Å². The van der Waals surface area contributed by atoms with Crippen molar-refractivity contribution < 1.29 is 13.2 Å². The van der Waals surface area contributed by atoms with E-state index in [1.165, 1.54) is 18.2 Å². The van der Waals surface area contributed by atoms with E-state index in [0.717, 1.165) is 6.07 Å². The molecule has 0 bridgehead atoms. The molecule has 0 atom stereocenters. The van der Waals surface area contributed by atoms with E-state index < -0.39 is 11.9 Å². The number of hydrogen-bond acceptors (Lipinski definition) is 4. The molecule has 3 N–H and O–H groups in total. The lowest BCUT2D eigenvalue weighted by Crippen LogP contribution is -2.15. The van der Waals surface area contributed by atoms with Crippen LogP contribution in [0.25, 0.3) is 11.3 Å². The van der Waals surface area contributed by atoms with Crippen molar-refractivity contribution in [2.45, 2.75) is 6.18 Å². The van der Waals surface area contributed by atoms with Gasteiger partial charge in [-0.25, -0.2) is 15.8 Å². The highest BCUT2D eigenvalue weighted by molar-refractivity contribution is 6.36. The highest BCUT2D eigenvalue weighted by Gasteiger charge is 2.34. The largest absolute Gasteiger partial charge is 0.433 e. The third-order valence-corrected chi connectivity index (χ3v) is 2.90. The Morgan fingerprint density at radius 2 is 1.80 bits per heavy atom. The lowest BCUT2D eigenvalue weighted by molar-refractivity contribution is -0.141. The molecule has 106 valence electrons. The summed E-state index contributed by atoms with van der Waals surface area (Å²) in [6.07, 6.45) is -4.62. The summed E-state index contributed by atoms with van der Waals surface area (Å²) in [6, 6.07) is 5.15. The standard InChI is InChI=1S/C11H7Cl2F3N4/c12-5-1-2-6(7(13)3-5)8-4-9(11(14,15)16)19-10(18-8)20-17/h1-4H,17H2,(H,18,19,20). The fourth-order valence-corrected chi connectivity index (χ4v) is 2.00. The van der Waals surface area contributed by atoms with Gasteiger partial charge in [0.1, 0.15) is 0 Å². The van der Waals surface area contributed by atoms with Gasteiger partial charge in [0, 0.05) is 10.6 Å². The first kappa shape index (κ1) is 14.8. The van der Waals surface area contributed by atoms with E-state index in [1.54, 1.807) is 0 Å². The number of alkyl halides is 3. The van der Waals surface area contributed by atoms with Gasteiger partial charge in [0.15, 0.2) is 5.69 Å². The first-order valence-corrected chi connectivity index (χ1v) is 5.95. The van der Waals surface area contributed by atoms with Crippen LogP contribution in [0.5, 0.6) is 0 Å². The number of rotatable bonds is 2. The summed E-state index contributed by atoms with van der Waals surface area (Å²) in [5.74, 6) is 4.71. The lowest BCUT2D eigenvalue weighted by Gasteiger charge is -2.11. The molecular weight excluding hydrogens is 316 g/mol. The van der Waals surface area contributed by atoms with Crippen LogP contribution in [0.3, 0.4) is 0 Å². The van der Waals surface area contributed by atoms with Gasteiger partial charge in [-0.1, -0.05) is 23.2 Å². The van der Waals surface area contributed by atoms with Gasteiger partial charge in [0.05, 0.1) is 10.7 Å². The molecule has 0 aliphatic heterocycles. The Balaban J connectivity index is 2.61. The molecule has 20 heavy (non-hydrogen) atoms. The minimum absolute atomic E-state index is 0.0121. The fraction of sp³-hybridized carbons (Fsp3) is 0.0909. The fourth-order valence-electron chi connectivity index (χ4n) is 1.49. The van der Waals surface area contributed by atoms with Crippen LogP contribution in [0.4, 0.5) is 19.1 Å². The van der Waals surface area contributed by atoms with Crippen LogP contribution in [0.1, 0.15) is 5.69 Å². The highest BCUT2D eigenvalue weighted by atomic mass is 35.5. The van der Waals surface area contributed by atoms with E-state index >= 15 is 0 Å². The topological polar surface area (TPSA) is 63.8 Å². The van der Waals surface area contributed by atoms with E-state index in [-0.39, 0.29) is 16.7 Å². The van der Waals surface area contributed by atoms with Crippen molar-refractivity contribution in [1.29, 1.82) is 0 Å². The number of halogens is 5. The van der Waals surface area contributed by atoms with Crippen LogP contribution in [0, 0.1) is 0 Å². The third-order valence-electron chi connectivity index (χ3n) is 2.35. The Bertz CT molecular complexity index is 646. The molecule has 1 heterocycles. The number of benzene rings is 1. The Labute approximate surface area is 121 Å². The molecule has 0 unspecified atom stereocenters. The van der Waals surface area contributed by atoms with Gasteiger partial charge in [-0.05, 0) is 24.3 Å². The highest BCUT2D eigenvalue weighted by Crippen LogP contribution is 2.34. The Kier molecular flexibility index (Phi) is 4.03. The summed E-state index contributed by atoms with van der Waals surface area (Å²) in [6.45, 7) is 0. The first-order chi connectivity index (χ1) is 9.31. The molecule has 0 amide bonds. The van der Waals surface area contributed by atoms with E-state index in [9.17, 15) is 13.2 Å². The van der Waals surface area contributed by atoms with E-state index in [4.69, 9.17) is 29.0 Å². The second-order valence-corrected chi connectivity index (χ2v) is 4.57. The maximum atomic E-state index is 12.8. The van der Waals surface area contributed by atoms with E-state index in [1.807, 2.05) is 5.43 Å². The summed E-state index contributed by atoms with van der Waals surface area (Å²) in [7, 11) is 0. The minimum atomic E-state index is -4.62. The van der Waals surface area contributed by atoms with Gasteiger partial charge in [-0.15, -0.1) is 0 Å². The van der Waals surface area contributed by atoms with E-state index in [0.29, 0.717) is 10.6 Å². The summed E-state index contributed by atoms with van der Waals surface area (Å²) >= 11 is 11.7. The summed E-state index contributed by atoms with van der Waals surface area (Å²) in [5, 5.41) is 0.535. The predicted octanol–water partition coefficient (Wildman–Crippen LogP) is 3.75. The second-order valence-electron chi connectivity index (χ2n) is 3.73. The molecule has 0 saturated heterocycles. The van der Waals surface area contributed by atoms with Crippen LogP contribution >= 0.6 is 23.2 Å². The van der Waals surface area contributed by atoms with Crippen molar-refractivity contribution in [3.8, 4) is 11.3 Å². The molecule has 0 aliphatic carbocycles. The third kappa shape index (κ3) is 3.12. The average molecular weight is 323 g/mol. The smallest absolute Gasteiger partial charge is 0.292 e. The Morgan fingerprint density at radius 1 is 1.10 bits per heavy atom. The van der Waals surface area contributed by atoms with Crippen LogP contribution in [-0.4, -0.2) is 9.97 Å². The Morgan fingerprint density at radius 3 is 2.35 bits per heavy atom. The molecule has 4 nitrogen and oxygen atoms in total. The normalized spacial score (nSPS) is 11.5. The molecule has 2 rings (SSSR count). The molecule has 0 fully saturated rings. The molecular formula is C11H7Cl2F3N4. The van der Waals surface area contributed by atoms with Gasteiger partial charge < -0.3 is 0 Å². The SMILES string of the molecule is NNc1nc(-c2ccc(Cl)cc2Cl)cc(C(F)(F)F)n1. The predicted molar refractivity (Wildman–Crippen MR) is 70.3 cm³/mol. The Hall–Kier alpha value is -1.57. The van der Waals surface area contributed by atoms with Crippen molar-refractivity contribution >= 4 is 29.2 Å². The zero-order valence-electron chi connectivity index (χ0n) is 9.67. The number of aromatic nitrogens is 2. The van der Waals surface area contributed by atoms with Crippen LogP contribution < -0.4 is 11.3 Å². The van der Waals surface area contributed by atoms with Gasteiger partial charge >= 0.3 is 6.18 Å². The zero-order valence-corrected chi connectivity index (χ0v) is 11.2. The number of nitrogen functional groups attached to an aromatic ring is 1. The maximum Gasteiger partial charge on any atom is 0.433 e. The number of nitrogens with zero attached hydrogens (tertiary/aromatic N) is 2. The molecule has 0 spiro atoms. The molecule has 0 aliphatic rings. The number of hydrazine groups is 1. The second kappa shape index (κ2) is 5.43. The zero-order chi connectivity index (χ0) is 14.9. The van der Waals surface area contributed by atoms with Crippen molar-refractivity contribution in [3.05, 3.63) is 40.0 Å². The van der Waals surface area contributed by atoms with Gasteiger partial charge in [0.2, 0.25) is 5.95 Å². The minimum Gasteiger partial charge on any atom is -0.292 e. The summed E-state index contributed by atoms with van der Waals surface area (Å²) in [5.41, 5.74) is 1.15. The maximum absolute atomic E-state index is 12.8. The van der Waals surface area contributed by atoms with Crippen LogP contribution in [0.2, 0.25) is 10.0 Å². The molecule has 0 radical (unpaired) electrons. The van der Waals surface area contributed by atoms with Gasteiger partial charge in [-0.2, -0.15) is 13.2 Å². The lowest BCUT2D eigenvalue weighted by atomic mass is 10.1. The van der Waals surface area contributed by atoms with Crippen molar-refractivity contribution in [3.63, 3.8) is 0 Å². The molecule has 0 saturated carbocycles. The number of hydrogen-bond donors (Lipinski definition) is 2. The molecule has 2 aromatic rings. The van der Waals surface area contributed by atoms with E-state index in [2.05, 4.69) is 9.97 Å². The molecule has 1 aromatic carbocycles. The van der Waals surface area contributed by atoms with Crippen LogP contribution in [0.15, 0.2) is 24.3 Å². The molecule has 9 heteroatoms. The number of anilines is 1. The molecule has 1 aromatic heterocycles. The van der Waals surface area contributed by atoms with Crippen molar-refractivity contribution in [2.24, 2.45) is 5.84 Å². The van der Waals surface area contributed by atoms with Crippen molar-refractivity contribution in [1.82, 2.24) is 9.97 Å². The van der Waals surface area contributed by atoms with Gasteiger partial charge in [0.25, 0.3) is 0 Å². The summed E-state index contributed by atoms with van der Waals surface area (Å²) < 4.78 is 38.3. The first-order valence-electron chi connectivity index (χ1n) is 5.19. The van der Waals surface area contributed by atoms with Crippen LogP contribution in [-0.2, 0) is 6.18 Å². The average Bonchev–Trinajstić information content (AvgIpc) is 2.37. The number of nitrogens with one attached hydrogen (secondary N) is 1.